The number of amides is 1. The second kappa shape index (κ2) is 8.62. The average molecular weight is 364 g/mol. The topological polar surface area (TPSA) is 66.5 Å². The van der Waals surface area contributed by atoms with Crippen LogP contribution in [0.5, 0.6) is 0 Å². The van der Waals surface area contributed by atoms with E-state index < -0.39 is 10.0 Å². The molecular weight excluding hydrogens is 343 g/mol. The molecule has 0 aliphatic carbocycles. The SMILES string of the molecule is CS(=O)(=O)N(CCCC(=O)NCc1ccc(F)cc1)c1ccccc1. The van der Waals surface area contributed by atoms with Crippen LogP contribution in [0.4, 0.5) is 10.1 Å². The number of hydrogen-bond acceptors (Lipinski definition) is 3. The van der Waals surface area contributed by atoms with Gasteiger partial charge in [-0.15, -0.1) is 0 Å². The Morgan fingerprint density at radius 1 is 1.08 bits per heavy atom. The van der Waals surface area contributed by atoms with Crippen molar-refractivity contribution in [1.29, 1.82) is 0 Å². The monoisotopic (exact) mass is 364 g/mol. The number of sulfonamides is 1. The van der Waals surface area contributed by atoms with Crippen LogP contribution >= 0.6 is 0 Å². The molecule has 0 radical (unpaired) electrons. The van der Waals surface area contributed by atoms with Crippen molar-refractivity contribution in [3.05, 3.63) is 66.0 Å². The van der Waals surface area contributed by atoms with Gasteiger partial charge >= 0.3 is 0 Å². The molecule has 0 saturated heterocycles. The average Bonchev–Trinajstić information content (AvgIpc) is 2.58. The molecule has 0 aliphatic rings. The third kappa shape index (κ3) is 6.19. The van der Waals surface area contributed by atoms with E-state index in [2.05, 4.69) is 5.32 Å². The summed E-state index contributed by atoms with van der Waals surface area (Å²) in [5.41, 5.74) is 1.38. The van der Waals surface area contributed by atoms with Gasteiger partial charge in [0.1, 0.15) is 5.82 Å². The summed E-state index contributed by atoms with van der Waals surface area (Å²) in [7, 11) is -3.41. The van der Waals surface area contributed by atoms with Crippen LogP contribution in [0.2, 0.25) is 0 Å². The minimum absolute atomic E-state index is 0.175. The third-order valence-corrected chi connectivity index (χ3v) is 4.81. The molecule has 2 rings (SSSR count). The first-order valence-electron chi connectivity index (χ1n) is 7.90. The molecule has 5 nitrogen and oxygen atoms in total. The van der Waals surface area contributed by atoms with Crippen LogP contribution in [0.25, 0.3) is 0 Å². The smallest absolute Gasteiger partial charge is 0.232 e. The first-order valence-corrected chi connectivity index (χ1v) is 9.75. The Morgan fingerprint density at radius 3 is 2.32 bits per heavy atom. The molecule has 0 aromatic heterocycles. The maximum atomic E-state index is 12.8. The Bertz CT molecular complexity index is 793. The van der Waals surface area contributed by atoms with Gasteiger partial charge in [-0.2, -0.15) is 0 Å². The molecule has 0 saturated carbocycles. The van der Waals surface area contributed by atoms with E-state index in [1.54, 1.807) is 36.4 Å². The number of halogens is 1. The molecule has 0 unspecified atom stereocenters. The maximum absolute atomic E-state index is 12.8. The fourth-order valence-electron chi connectivity index (χ4n) is 2.36. The Morgan fingerprint density at radius 2 is 1.72 bits per heavy atom. The maximum Gasteiger partial charge on any atom is 0.232 e. The van der Waals surface area contributed by atoms with Crippen LogP contribution in [-0.4, -0.2) is 27.1 Å². The fraction of sp³-hybridized carbons (Fsp3) is 0.278. The minimum atomic E-state index is -3.41. The molecule has 0 heterocycles. The number of carbonyl (C=O) groups excluding carboxylic acids is 1. The largest absolute Gasteiger partial charge is 0.352 e. The minimum Gasteiger partial charge on any atom is -0.352 e. The summed E-state index contributed by atoms with van der Waals surface area (Å²) < 4.78 is 38.0. The molecule has 0 aliphatic heterocycles. The van der Waals surface area contributed by atoms with Gasteiger partial charge < -0.3 is 5.32 Å². The van der Waals surface area contributed by atoms with Crippen molar-refractivity contribution < 1.29 is 17.6 Å². The van der Waals surface area contributed by atoms with E-state index in [9.17, 15) is 17.6 Å². The molecule has 0 fully saturated rings. The Labute approximate surface area is 147 Å². The van der Waals surface area contributed by atoms with Crippen molar-refractivity contribution in [3.63, 3.8) is 0 Å². The molecule has 2 aromatic rings. The third-order valence-electron chi connectivity index (χ3n) is 3.61. The van der Waals surface area contributed by atoms with Gasteiger partial charge in [0, 0.05) is 19.5 Å². The highest BCUT2D eigenvalue weighted by Gasteiger charge is 2.17. The lowest BCUT2D eigenvalue weighted by atomic mass is 10.2. The number of benzene rings is 2. The van der Waals surface area contributed by atoms with Crippen molar-refractivity contribution in [2.24, 2.45) is 0 Å². The lowest BCUT2D eigenvalue weighted by Gasteiger charge is -2.22. The van der Waals surface area contributed by atoms with E-state index in [1.807, 2.05) is 6.07 Å². The lowest BCUT2D eigenvalue weighted by molar-refractivity contribution is -0.121. The van der Waals surface area contributed by atoms with Crippen LogP contribution in [0.15, 0.2) is 54.6 Å². The number of rotatable bonds is 8. The van der Waals surface area contributed by atoms with Crippen LogP contribution in [-0.2, 0) is 21.4 Å². The molecule has 0 spiro atoms. The van der Waals surface area contributed by atoms with E-state index in [0.29, 0.717) is 18.7 Å². The van der Waals surface area contributed by atoms with E-state index in [4.69, 9.17) is 0 Å². The fourth-order valence-corrected chi connectivity index (χ4v) is 3.32. The van der Waals surface area contributed by atoms with Crippen LogP contribution in [0, 0.1) is 5.82 Å². The van der Waals surface area contributed by atoms with Gasteiger partial charge in [0.25, 0.3) is 0 Å². The number of anilines is 1. The zero-order valence-electron chi connectivity index (χ0n) is 14.0. The quantitative estimate of drug-likeness (QED) is 0.783. The molecule has 0 atom stereocenters. The molecule has 2 aromatic carbocycles. The zero-order chi connectivity index (χ0) is 18.3. The second-order valence-corrected chi connectivity index (χ2v) is 7.58. The lowest BCUT2D eigenvalue weighted by Crippen LogP contribution is -2.32. The van der Waals surface area contributed by atoms with Gasteiger partial charge in [-0.3, -0.25) is 9.10 Å². The molecule has 1 N–H and O–H groups in total. The highest BCUT2D eigenvalue weighted by atomic mass is 32.2. The van der Waals surface area contributed by atoms with Gasteiger partial charge in [-0.05, 0) is 36.2 Å². The summed E-state index contributed by atoms with van der Waals surface area (Å²) in [5.74, 6) is -0.498. The molecule has 0 bridgehead atoms. The molecule has 25 heavy (non-hydrogen) atoms. The highest BCUT2D eigenvalue weighted by molar-refractivity contribution is 7.92. The van der Waals surface area contributed by atoms with E-state index in [1.165, 1.54) is 16.4 Å². The van der Waals surface area contributed by atoms with Crippen LogP contribution < -0.4 is 9.62 Å². The normalized spacial score (nSPS) is 11.1. The van der Waals surface area contributed by atoms with Gasteiger partial charge in [0.15, 0.2) is 0 Å². The zero-order valence-corrected chi connectivity index (χ0v) is 14.8. The van der Waals surface area contributed by atoms with Crippen molar-refractivity contribution in [2.75, 3.05) is 17.1 Å². The standard InChI is InChI=1S/C18H21FN2O3S/c1-25(23,24)21(17-6-3-2-4-7-17)13-5-8-18(22)20-14-15-9-11-16(19)12-10-15/h2-4,6-7,9-12H,5,8,13-14H2,1H3,(H,20,22). The van der Waals surface area contributed by atoms with Gasteiger partial charge in [0.05, 0.1) is 11.9 Å². The number of carbonyl (C=O) groups is 1. The molecular formula is C18H21FN2O3S. The van der Waals surface area contributed by atoms with Gasteiger partial charge in [0.2, 0.25) is 15.9 Å². The van der Waals surface area contributed by atoms with Gasteiger partial charge in [-0.25, -0.2) is 12.8 Å². The Hall–Kier alpha value is -2.41. The number of nitrogens with zero attached hydrogens (tertiary/aromatic N) is 1. The molecule has 7 heteroatoms. The van der Waals surface area contributed by atoms with E-state index in [-0.39, 0.29) is 24.7 Å². The number of nitrogens with one attached hydrogen (secondary N) is 1. The van der Waals surface area contributed by atoms with Gasteiger partial charge in [-0.1, -0.05) is 30.3 Å². The van der Waals surface area contributed by atoms with E-state index in [0.717, 1.165) is 11.8 Å². The first kappa shape index (κ1) is 18.9. The van der Waals surface area contributed by atoms with Crippen LogP contribution in [0.1, 0.15) is 18.4 Å². The number of hydrogen-bond donors (Lipinski definition) is 1. The van der Waals surface area contributed by atoms with E-state index >= 15 is 0 Å². The Balaban J connectivity index is 1.83. The van der Waals surface area contributed by atoms with Crippen molar-refractivity contribution in [1.82, 2.24) is 5.32 Å². The summed E-state index contributed by atoms with van der Waals surface area (Å²) >= 11 is 0. The van der Waals surface area contributed by atoms with Crippen LogP contribution in [0.3, 0.4) is 0 Å². The first-order chi connectivity index (χ1) is 11.9. The summed E-state index contributed by atoms with van der Waals surface area (Å²) in [5, 5.41) is 2.74. The predicted molar refractivity (Wildman–Crippen MR) is 96.1 cm³/mol. The van der Waals surface area contributed by atoms with Crippen molar-refractivity contribution in [3.8, 4) is 0 Å². The molecule has 134 valence electrons. The highest BCUT2D eigenvalue weighted by Crippen LogP contribution is 2.17. The predicted octanol–water partition coefficient (Wildman–Crippen LogP) is 2.69. The summed E-state index contributed by atoms with van der Waals surface area (Å²) in [6.45, 7) is 0.542. The van der Waals surface area contributed by atoms with Crippen molar-refractivity contribution >= 4 is 21.6 Å². The second-order valence-electron chi connectivity index (χ2n) is 5.68. The number of para-hydroxylation sites is 1. The Kier molecular flexibility index (Phi) is 6.52. The summed E-state index contributed by atoms with van der Waals surface area (Å²) in [6.07, 6.45) is 1.76. The molecule has 1 amide bonds. The summed E-state index contributed by atoms with van der Waals surface area (Å²) in [4.78, 5) is 11.9. The summed E-state index contributed by atoms with van der Waals surface area (Å²) in [6, 6.07) is 14.7. The van der Waals surface area contributed by atoms with Crippen molar-refractivity contribution in [2.45, 2.75) is 19.4 Å².